The van der Waals surface area contributed by atoms with Crippen LogP contribution in [0.2, 0.25) is 5.02 Å². The summed E-state index contributed by atoms with van der Waals surface area (Å²) in [6.45, 7) is 9.19. The number of halogens is 1. The van der Waals surface area contributed by atoms with Gasteiger partial charge in [-0.05, 0) is 174 Å². The second kappa shape index (κ2) is 24.2. The van der Waals surface area contributed by atoms with Crippen LogP contribution in [0, 0.1) is 0 Å². The van der Waals surface area contributed by atoms with Crippen LogP contribution >= 0.6 is 11.6 Å². The van der Waals surface area contributed by atoms with Crippen LogP contribution in [0.3, 0.4) is 0 Å². The zero-order valence-corrected chi connectivity index (χ0v) is 54.1. The number of hydrogen-bond acceptors (Lipinski definition) is 4. The van der Waals surface area contributed by atoms with Crippen molar-refractivity contribution in [3.8, 4) is 66.8 Å². The lowest BCUT2D eigenvalue weighted by molar-refractivity contribution is 0.647. The molecule has 2 aromatic heterocycles. The molecule has 0 spiro atoms. The van der Waals surface area contributed by atoms with Crippen LogP contribution in [0.5, 0.6) is 0 Å². The van der Waals surface area contributed by atoms with Crippen molar-refractivity contribution in [1.82, 2.24) is 0 Å². The summed E-state index contributed by atoms with van der Waals surface area (Å²) in [6, 6.07) is 116. The van der Waals surface area contributed by atoms with Gasteiger partial charge in [0.1, 0.15) is 11.2 Å². The first-order valence-corrected chi connectivity index (χ1v) is 32.9. The maximum Gasteiger partial charge on any atom is 0.159 e. The average Bonchev–Trinajstić information content (AvgIpc) is 1.57. The number of anilines is 5. The van der Waals surface area contributed by atoms with Crippen molar-refractivity contribution in [1.29, 1.82) is 0 Å². The van der Waals surface area contributed by atoms with Crippen LogP contribution in [-0.4, -0.2) is 0 Å². The number of nitrogens with zero attached hydrogens (tertiary/aromatic N) is 1. The van der Waals surface area contributed by atoms with E-state index >= 15 is 0 Å². The van der Waals surface area contributed by atoms with Gasteiger partial charge in [-0.1, -0.05) is 282 Å². The lowest BCUT2D eigenvalue weighted by Gasteiger charge is -2.26. The molecule has 0 amide bonds. The van der Waals surface area contributed by atoms with E-state index in [2.05, 4.69) is 341 Å². The molecule has 16 aromatic rings. The number of benzene rings is 14. The van der Waals surface area contributed by atoms with E-state index in [0.29, 0.717) is 5.02 Å². The molecule has 0 unspecified atom stereocenters. The van der Waals surface area contributed by atoms with E-state index in [4.69, 9.17) is 20.4 Å². The van der Waals surface area contributed by atoms with Gasteiger partial charge < -0.3 is 19.1 Å². The molecule has 0 saturated carbocycles. The molecule has 18 rings (SSSR count). The summed E-state index contributed by atoms with van der Waals surface area (Å²) in [5.41, 5.74) is 29.1. The van der Waals surface area contributed by atoms with Crippen LogP contribution in [0.1, 0.15) is 49.9 Å². The average molecular weight is 1240 g/mol. The first-order valence-electron chi connectivity index (χ1n) is 32.6. The van der Waals surface area contributed by atoms with Crippen molar-refractivity contribution in [2.45, 2.75) is 38.5 Å². The molecule has 0 atom stereocenters. The predicted molar refractivity (Wildman–Crippen MR) is 400 cm³/mol. The Labute approximate surface area is 559 Å². The van der Waals surface area contributed by atoms with E-state index in [0.717, 1.165) is 72.3 Å². The number of hydrogen-bond donors (Lipinski definition) is 1. The molecule has 1 N–H and O–H groups in total. The van der Waals surface area contributed by atoms with Crippen LogP contribution in [0.15, 0.2) is 336 Å². The van der Waals surface area contributed by atoms with Crippen LogP contribution in [0.4, 0.5) is 28.4 Å². The van der Waals surface area contributed by atoms with Gasteiger partial charge in [0.05, 0.1) is 10.7 Å². The van der Waals surface area contributed by atoms with Crippen molar-refractivity contribution in [3.63, 3.8) is 0 Å². The van der Waals surface area contributed by atoms with E-state index < -0.39 is 0 Å². The Morgan fingerprint density at radius 1 is 0.284 bits per heavy atom. The number of fused-ring (bicyclic) bond motifs is 12. The van der Waals surface area contributed by atoms with Crippen LogP contribution in [-0.2, 0) is 10.8 Å². The molecule has 2 heterocycles. The minimum absolute atomic E-state index is 0.0110. The molecule has 0 aliphatic heterocycles. The third kappa shape index (κ3) is 10.8. The van der Waals surface area contributed by atoms with Crippen molar-refractivity contribution in [3.05, 3.63) is 355 Å². The Balaban J connectivity index is 0.000000124. The van der Waals surface area contributed by atoms with Gasteiger partial charge in [-0.2, -0.15) is 0 Å². The molecular weight excluding hydrogens is 1180 g/mol. The van der Waals surface area contributed by atoms with Gasteiger partial charge in [0.25, 0.3) is 0 Å². The highest BCUT2D eigenvalue weighted by molar-refractivity contribution is 6.36. The third-order valence-corrected chi connectivity index (χ3v) is 19.6. The summed E-state index contributed by atoms with van der Waals surface area (Å²) in [4.78, 5) is 2.32. The standard InChI is InChI=1S/C45H33NO.C24H19N.C21H15ClO/c1-45(2)40-18-10-9-16-36(40)38-28-39-37-17-11-19-42(44(37)47-43(39)29-41(38)45)46(34-24-20-32(21-25-34)30-12-5-3-6-13-30)35-26-22-33(23-27-35)31-14-7-4-8-15-31;1-3-7-19(8-4-1)21-11-15-23(16-12-21)25-24-17-13-22(14-18-24)20-9-5-2-6-10-20;1-21(2)16-8-4-3-6-12(16)14-10-15-13-7-5-9-18(22)20(13)23-19(15)11-17(14)21/h3-29H,1-2H3;1-18,25H;3-11H,1-2H3. The number of rotatable bonds is 9. The zero-order chi connectivity index (χ0) is 64.2. The molecule has 14 aromatic carbocycles. The SMILES string of the molecule is CC1(C)c2ccccc2-c2cc3c(cc21)oc1c(Cl)cccc13.CC1(C)c2ccccc2-c2cc3c(cc21)oc1c(N(c2ccc(-c4ccccc4)cc2)c2ccc(-c4ccccc4)cc2)cccc13.c1ccc(-c2ccc(Nc3ccc(-c4ccccc4)cc3)cc2)cc1. The Bertz CT molecular complexity index is 5300. The van der Waals surface area contributed by atoms with Gasteiger partial charge in [-0.15, -0.1) is 0 Å². The first-order chi connectivity index (χ1) is 46.5. The van der Waals surface area contributed by atoms with E-state index in [9.17, 15) is 0 Å². The van der Waals surface area contributed by atoms with Gasteiger partial charge in [0, 0.05) is 55.1 Å². The Morgan fingerprint density at radius 2 is 0.621 bits per heavy atom. The highest BCUT2D eigenvalue weighted by atomic mass is 35.5. The number of para-hydroxylation sites is 2. The quantitative estimate of drug-likeness (QED) is 0.156. The van der Waals surface area contributed by atoms with E-state index in [1.54, 1.807) is 0 Å². The normalized spacial score (nSPS) is 12.9. The Morgan fingerprint density at radius 3 is 1.03 bits per heavy atom. The molecule has 2 aliphatic rings. The number of nitrogens with one attached hydrogen (secondary N) is 1. The molecule has 0 saturated heterocycles. The van der Waals surface area contributed by atoms with E-state index in [-0.39, 0.29) is 10.8 Å². The first kappa shape index (κ1) is 58.6. The molecule has 0 bridgehead atoms. The maximum absolute atomic E-state index is 6.87. The topological polar surface area (TPSA) is 41.6 Å². The lowest BCUT2D eigenvalue weighted by Crippen LogP contribution is -2.14. The smallest absolute Gasteiger partial charge is 0.159 e. The van der Waals surface area contributed by atoms with Gasteiger partial charge in [-0.3, -0.25) is 0 Å². The molecule has 4 nitrogen and oxygen atoms in total. The lowest BCUT2D eigenvalue weighted by atomic mass is 9.82. The molecule has 0 radical (unpaired) electrons. The number of furan rings is 2. The summed E-state index contributed by atoms with van der Waals surface area (Å²) in [6.07, 6.45) is 0. The predicted octanol–water partition coefficient (Wildman–Crippen LogP) is 26.0. The molecular formula is C90H67ClN2O2. The zero-order valence-electron chi connectivity index (χ0n) is 53.3. The highest BCUT2D eigenvalue weighted by Gasteiger charge is 2.38. The fourth-order valence-corrected chi connectivity index (χ4v) is 14.5. The Kier molecular flexibility index (Phi) is 15.0. The second-order valence-corrected chi connectivity index (χ2v) is 26.2. The van der Waals surface area contributed by atoms with Crippen molar-refractivity contribution >= 4 is 83.9 Å². The van der Waals surface area contributed by atoms with Gasteiger partial charge >= 0.3 is 0 Å². The summed E-state index contributed by atoms with van der Waals surface area (Å²) in [5, 5.41) is 8.61. The van der Waals surface area contributed by atoms with Gasteiger partial charge in [0.15, 0.2) is 11.2 Å². The largest absolute Gasteiger partial charge is 0.454 e. The van der Waals surface area contributed by atoms with Crippen LogP contribution in [0.25, 0.3) is 111 Å². The van der Waals surface area contributed by atoms with Crippen molar-refractivity contribution < 1.29 is 8.83 Å². The second-order valence-electron chi connectivity index (χ2n) is 25.8. The summed E-state index contributed by atoms with van der Waals surface area (Å²) in [5.74, 6) is 0. The fourth-order valence-electron chi connectivity index (χ4n) is 14.3. The van der Waals surface area contributed by atoms with Gasteiger partial charge in [-0.25, -0.2) is 0 Å². The van der Waals surface area contributed by atoms with Crippen molar-refractivity contribution in [2.75, 3.05) is 10.2 Å². The van der Waals surface area contributed by atoms with E-state index in [1.165, 1.54) is 89.0 Å². The molecule has 2 aliphatic carbocycles. The minimum atomic E-state index is -0.0883. The fraction of sp³-hybridized carbons (Fsp3) is 0.0667. The molecule has 456 valence electrons. The minimum Gasteiger partial charge on any atom is -0.454 e. The van der Waals surface area contributed by atoms with Crippen LogP contribution < -0.4 is 10.2 Å². The summed E-state index contributed by atoms with van der Waals surface area (Å²) >= 11 is 6.30. The van der Waals surface area contributed by atoms with Gasteiger partial charge in [0.2, 0.25) is 0 Å². The maximum atomic E-state index is 6.87. The monoisotopic (exact) mass is 1240 g/mol. The van der Waals surface area contributed by atoms with E-state index in [1.807, 2.05) is 24.3 Å². The Hall–Kier alpha value is -11.4. The summed E-state index contributed by atoms with van der Waals surface area (Å²) < 4.78 is 12.9. The highest BCUT2D eigenvalue weighted by Crippen LogP contribution is 2.53. The molecule has 95 heavy (non-hydrogen) atoms. The summed E-state index contributed by atoms with van der Waals surface area (Å²) in [7, 11) is 0. The molecule has 0 fully saturated rings. The molecule has 5 heteroatoms. The van der Waals surface area contributed by atoms with Crippen molar-refractivity contribution in [2.24, 2.45) is 0 Å². The third-order valence-electron chi connectivity index (χ3n) is 19.3.